The fraction of sp³-hybridized carbons (Fsp3) is 0.304. The van der Waals surface area contributed by atoms with Crippen molar-refractivity contribution in [2.45, 2.75) is 25.8 Å². The Hall–Kier alpha value is -2.50. The van der Waals surface area contributed by atoms with Crippen LogP contribution in [0.2, 0.25) is 0 Å². The van der Waals surface area contributed by atoms with Gasteiger partial charge in [0.15, 0.2) is 5.78 Å². The first-order valence-corrected chi connectivity index (χ1v) is 10.6. The number of rotatable bonds is 6. The predicted octanol–water partition coefficient (Wildman–Crippen LogP) is 4.59. The summed E-state index contributed by atoms with van der Waals surface area (Å²) in [4.78, 5) is 30.7. The lowest BCUT2D eigenvalue weighted by molar-refractivity contribution is 0.0929. The van der Waals surface area contributed by atoms with Crippen LogP contribution >= 0.6 is 11.3 Å². The largest absolute Gasteiger partial charge is 0.329 e. The van der Waals surface area contributed by atoms with Gasteiger partial charge in [0.1, 0.15) is 0 Å². The number of benzene rings is 1. The minimum Gasteiger partial charge on any atom is -0.329 e. The van der Waals surface area contributed by atoms with E-state index in [-0.39, 0.29) is 11.3 Å². The fourth-order valence-electron chi connectivity index (χ4n) is 3.90. The lowest BCUT2D eigenvalue weighted by Crippen LogP contribution is -2.35. The van der Waals surface area contributed by atoms with Gasteiger partial charge in [0, 0.05) is 30.3 Å². The summed E-state index contributed by atoms with van der Waals surface area (Å²) in [5, 5.41) is 2.01. The van der Waals surface area contributed by atoms with Gasteiger partial charge >= 0.3 is 0 Å². The average molecular weight is 393 g/mol. The van der Waals surface area contributed by atoms with Gasteiger partial charge in [-0.1, -0.05) is 36.4 Å². The van der Waals surface area contributed by atoms with Gasteiger partial charge in [0.2, 0.25) is 0 Å². The summed E-state index contributed by atoms with van der Waals surface area (Å²) in [7, 11) is 0. The van der Waals surface area contributed by atoms with Gasteiger partial charge in [-0.3, -0.25) is 14.5 Å². The van der Waals surface area contributed by atoms with Crippen LogP contribution in [0, 0.1) is 5.92 Å². The third-order valence-corrected chi connectivity index (χ3v) is 6.43. The molecule has 0 spiro atoms. The molecule has 0 aliphatic carbocycles. The quantitative estimate of drug-likeness (QED) is 0.624. The van der Waals surface area contributed by atoms with E-state index in [0.717, 1.165) is 47.5 Å². The van der Waals surface area contributed by atoms with Crippen LogP contribution in [0.5, 0.6) is 0 Å². The zero-order valence-corrected chi connectivity index (χ0v) is 16.6. The fourth-order valence-corrected chi connectivity index (χ4v) is 4.76. The smallest absolute Gasteiger partial charge is 0.252 e. The molecule has 144 valence electrons. The maximum atomic E-state index is 12.9. The van der Waals surface area contributed by atoms with Crippen molar-refractivity contribution in [3.63, 3.8) is 0 Å². The molecule has 1 aliphatic rings. The first kappa shape index (κ1) is 18.8. The summed E-state index contributed by atoms with van der Waals surface area (Å²) < 4.78 is 0. The maximum Gasteiger partial charge on any atom is 0.252 e. The van der Waals surface area contributed by atoms with Crippen LogP contribution in [0.15, 0.2) is 64.9 Å². The number of H-pyrrole nitrogens is 1. The molecule has 0 atom stereocenters. The zero-order valence-electron chi connectivity index (χ0n) is 15.8. The van der Waals surface area contributed by atoms with Crippen LogP contribution in [0.1, 0.15) is 34.5 Å². The highest BCUT2D eigenvalue weighted by molar-refractivity contribution is 7.12. The van der Waals surface area contributed by atoms with Crippen molar-refractivity contribution >= 4 is 17.1 Å². The Morgan fingerprint density at radius 1 is 1.07 bits per heavy atom. The molecule has 1 aromatic carbocycles. The standard InChI is InChI=1S/C23H24N2O2S/c26-21(22-20(10-14-28-22)18-5-2-1-3-6-18)15-17-8-12-25(13-9-17)16-19-7-4-11-24-23(19)27/h1-7,10-11,14,17H,8-9,12-13,15-16H2,(H,24,27). The van der Waals surface area contributed by atoms with Crippen molar-refractivity contribution in [3.05, 3.63) is 80.9 Å². The molecule has 2 aromatic heterocycles. The molecule has 3 aromatic rings. The highest BCUT2D eigenvalue weighted by atomic mass is 32.1. The Morgan fingerprint density at radius 2 is 1.86 bits per heavy atom. The number of nitrogens with zero attached hydrogens (tertiary/aromatic N) is 1. The van der Waals surface area contributed by atoms with E-state index in [9.17, 15) is 9.59 Å². The third kappa shape index (κ3) is 4.32. The summed E-state index contributed by atoms with van der Waals surface area (Å²) in [6, 6.07) is 15.9. The number of Topliss-reactive ketones (excluding diaryl/α,β-unsaturated/α-hetero) is 1. The number of carbonyl (C=O) groups is 1. The van der Waals surface area contributed by atoms with Crippen LogP contribution in [0.4, 0.5) is 0 Å². The van der Waals surface area contributed by atoms with Crippen LogP contribution in [-0.2, 0) is 6.54 Å². The molecule has 0 bridgehead atoms. The van der Waals surface area contributed by atoms with Crippen molar-refractivity contribution in [1.82, 2.24) is 9.88 Å². The number of hydrogen-bond acceptors (Lipinski definition) is 4. The molecule has 1 aliphatic heterocycles. The number of carbonyl (C=O) groups excluding carboxylic acids is 1. The third-order valence-electron chi connectivity index (χ3n) is 5.48. The van der Waals surface area contributed by atoms with Gasteiger partial charge in [-0.05, 0) is 54.9 Å². The lowest BCUT2D eigenvalue weighted by atomic mass is 9.90. The van der Waals surface area contributed by atoms with E-state index in [4.69, 9.17) is 0 Å². The van der Waals surface area contributed by atoms with Crippen LogP contribution in [0.3, 0.4) is 0 Å². The molecule has 0 amide bonds. The first-order chi connectivity index (χ1) is 13.7. The molecule has 4 rings (SSSR count). The highest BCUT2D eigenvalue weighted by Gasteiger charge is 2.24. The molecule has 4 nitrogen and oxygen atoms in total. The highest BCUT2D eigenvalue weighted by Crippen LogP contribution is 2.31. The van der Waals surface area contributed by atoms with Crippen molar-refractivity contribution < 1.29 is 4.79 Å². The number of likely N-dealkylation sites (tertiary alicyclic amines) is 1. The van der Waals surface area contributed by atoms with Crippen molar-refractivity contribution in [1.29, 1.82) is 0 Å². The molecule has 0 unspecified atom stereocenters. The number of thiophene rings is 1. The van der Waals surface area contributed by atoms with E-state index >= 15 is 0 Å². The average Bonchev–Trinajstić information content (AvgIpc) is 3.22. The number of aromatic amines is 1. The molecule has 28 heavy (non-hydrogen) atoms. The Balaban J connectivity index is 1.34. The summed E-state index contributed by atoms with van der Waals surface area (Å²) in [5.41, 5.74) is 2.96. The van der Waals surface area contributed by atoms with E-state index in [2.05, 4.69) is 22.0 Å². The van der Waals surface area contributed by atoms with Crippen molar-refractivity contribution in [3.8, 4) is 11.1 Å². The van der Waals surface area contributed by atoms with Crippen LogP contribution in [0.25, 0.3) is 11.1 Å². The zero-order chi connectivity index (χ0) is 19.3. The molecule has 1 saturated heterocycles. The Bertz CT molecular complexity index is 985. The van der Waals surface area contributed by atoms with Gasteiger partial charge in [-0.15, -0.1) is 11.3 Å². The second-order valence-electron chi connectivity index (χ2n) is 7.40. The summed E-state index contributed by atoms with van der Waals surface area (Å²) in [5.74, 6) is 0.676. The number of hydrogen-bond donors (Lipinski definition) is 1. The molecule has 5 heteroatoms. The van der Waals surface area contributed by atoms with E-state index in [1.165, 1.54) is 0 Å². The second kappa shape index (κ2) is 8.67. The number of piperidine rings is 1. The molecule has 1 fully saturated rings. The SMILES string of the molecule is O=C(CC1CCN(Cc2ccc[nH]c2=O)CC1)c1sccc1-c1ccccc1. The van der Waals surface area contributed by atoms with Crippen LogP contribution < -0.4 is 5.56 Å². The Labute approximate surface area is 168 Å². The summed E-state index contributed by atoms with van der Waals surface area (Å²) >= 11 is 1.55. The summed E-state index contributed by atoms with van der Waals surface area (Å²) in [6.07, 6.45) is 4.28. The second-order valence-corrected chi connectivity index (χ2v) is 8.32. The molecule has 1 N–H and O–H groups in total. The van der Waals surface area contributed by atoms with Crippen LogP contribution in [-0.4, -0.2) is 28.8 Å². The van der Waals surface area contributed by atoms with E-state index in [1.807, 2.05) is 41.8 Å². The first-order valence-electron chi connectivity index (χ1n) is 9.76. The van der Waals surface area contributed by atoms with Crippen molar-refractivity contribution in [2.75, 3.05) is 13.1 Å². The minimum atomic E-state index is -0.00839. The Kier molecular flexibility index (Phi) is 5.84. The maximum absolute atomic E-state index is 12.9. The van der Waals surface area contributed by atoms with E-state index < -0.39 is 0 Å². The number of aromatic nitrogens is 1. The predicted molar refractivity (Wildman–Crippen MR) is 114 cm³/mol. The minimum absolute atomic E-state index is 0.00839. The summed E-state index contributed by atoms with van der Waals surface area (Å²) in [6.45, 7) is 2.55. The number of nitrogens with one attached hydrogen (secondary N) is 1. The van der Waals surface area contributed by atoms with E-state index in [1.54, 1.807) is 17.5 Å². The molecule has 0 saturated carbocycles. The van der Waals surface area contributed by atoms with Gasteiger partial charge in [0.25, 0.3) is 5.56 Å². The number of ketones is 1. The van der Waals surface area contributed by atoms with Gasteiger partial charge in [0.05, 0.1) is 4.88 Å². The lowest BCUT2D eigenvalue weighted by Gasteiger charge is -2.31. The topological polar surface area (TPSA) is 53.2 Å². The monoisotopic (exact) mass is 392 g/mol. The molecule has 3 heterocycles. The molecular weight excluding hydrogens is 368 g/mol. The van der Waals surface area contributed by atoms with Gasteiger partial charge < -0.3 is 4.98 Å². The molecule has 0 radical (unpaired) electrons. The van der Waals surface area contributed by atoms with Gasteiger partial charge in [-0.25, -0.2) is 0 Å². The molecular formula is C23H24N2O2S. The Morgan fingerprint density at radius 3 is 2.61 bits per heavy atom. The van der Waals surface area contributed by atoms with E-state index in [0.29, 0.717) is 18.9 Å². The van der Waals surface area contributed by atoms with Gasteiger partial charge in [-0.2, -0.15) is 0 Å². The number of pyridine rings is 1. The normalized spacial score (nSPS) is 15.6. The van der Waals surface area contributed by atoms with Crippen molar-refractivity contribution in [2.24, 2.45) is 5.92 Å².